The first kappa shape index (κ1) is 10.3. The second-order valence-electron chi connectivity index (χ2n) is 2.88. The summed E-state index contributed by atoms with van der Waals surface area (Å²) in [5.74, 6) is 1.81. The summed E-state index contributed by atoms with van der Waals surface area (Å²) in [5.41, 5.74) is 2.18. The van der Waals surface area contributed by atoms with Gasteiger partial charge in [0.1, 0.15) is 0 Å². The minimum Gasteiger partial charge on any atom is -0.353 e. The molecule has 0 unspecified atom stereocenters. The van der Waals surface area contributed by atoms with Crippen LogP contribution in [0.25, 0.3) is 0 Å². The Labute approximate surface area is 83.4 Å². The molecule has 4 heteroatoms. The Morgan fingerprint density at radius 1 is 1.46 bits per heavy atom. The minimum atomic E-state index is 0.733. The van der Waals surface area contributed by atoms with Gasteiger partial charge < -0.3 is 5.32 Å². The van der Waals surface area contributed by atoms with Crippen LogP contribution in [0.2, 0.25) is 0 Å². The highest BCUT2D eigenvalue weighted by Crippen LogP contribution is 2.04. The van der Waals surface area contributed by atoms with Crippen molar-refractivity contribution >= 4 is 17.7 Å². The zero-order valence-electron chi connectivity index (χ0n) is 8.29. The lowest BCUT2D eigenvalue weighted by Gasteiger charge is -2.04. The predicted octanol–water partition coefficient (Wildman–Crippen LogP) is 1.87. The average molecular weight is 197 g/mol. The number of hydrogen-bond donors (Lipinski definition) is 1. The molecule has 1 heterocycles. The average Bonchev–Trinajstić information content (AvgIpc) is 2.12. The van der Waals surface area contributed by atoms with E-state index in [1.165, 1.54) is 0 Å². The van der Waals surface area contributed by atoms with Crippen LogP contribution < -0.4 is 5.32 Å². The summed E-state index contributed by atoms with van der Waals surface area (Å²) in [6, 6.07) is 0. The predicted molar refractivity (Wildman–Crippen MR) is 58.4 cm³/mol. The zero-order chi connectivity index (χ0) is 9.68. The summed E-state index contributed by atoms with van der Waals surface area (Å²) >= 11 is 1.81. The molecule has 0 radical (unpaired) electrons. The number of thioether (sulfide) groups is 1. The highest BCUT2D eigenvalue weighted by molar-refractivity contribution is 7.98. The normalized spacial score (nSPS) is 10.1. The van der Waals surface area contributed by atoms with Gasteiger partial charge in [-0.2, -0.15) is 11.8 Å². The van der Waals surface area contributed by atoms with Gasteiger partial charge in [-0.05, 0) is 25.7 Å². The van der Waals surface area contributed by atoms with Crippen LogP contribution in [-0.4, -0.2) is 28.5 Å². The van der Waals surface area contributed by atoms with Gasteiger partial charge in [0.25, 0.3) is 0 Å². The number of nitrogens with one attached hydrogen (secondary N) is 1. The molecule has 72 valence electrons. The number of aryl methyl sites for hydroxylation is 2. The molecule has 0 atom stereocenters. The third-order valence-corrected chi connectivity index (χ3v) is 2.43. The van der Waals surface area contributed by atoms with Crippen LogP contribution in [-0.2, 0) is 0 Å². The molecule has 0 aliphatic rings. The van der Waals surface area contributed by atoms with Crippen molar-refractivity contribution in [3.8, 4) is 0 Å². The van der Waals surface area contributed by atoms with Crippen molar-refractivity contribution in [1.82, 2.24) is 9.97 Å². The van der Waals surface area contributed by atoms with Crippen molar-refractivity contribution in [1.29, 1.82) is 0 Å². The fourth-order valence-electron chi connectivity index (χ4n) is 0.877. The van der Waals surface area contributed by atoms with Gasteiger partial charge in [0.2, 0.25) is 5.95 Å². The van der Waals surface area contributed by atoms with Crippen molar-refractivity contribution in [3.05, 3.63) is 17.5 Å². The number of aromatic nitrogens is 2. The summed E-state index contributed by atoms with van der Waals surface area (Å²) in [6.07, 6.45) is 3.94. The Balaban J connectivity index is 2.53. The van der Waals surface area contributed by atoms with E-state index in [9.17, 15) is 0 Å². The van der Waals surface area contributed by atoms with Gasteiger partial charge in [0.05, 0.1) is 0 Å². The summed E-state index contributed by atoms with van der Waals surface area (Å²) in [5, 5.41) is 3.17. The molecule has 1 aromatic rings. The molecule has 13 heavy (non-hydrogen) atoms. The van der Waals surface area contributed by atoms with E-state index in [1.54, 1.807) is 0 Å². The highest BCUT2D eigenvalue weighted by atomic mass is 32.2. The maximum atomic E-state index is 4.31. The topological polar surface area (TPSA) is 37.8 Å². The van der Waals surface area contributed by atoms with E-state index in [2.05, 4.69) is 21.5 Å². The van der Waals surface area contributed by atoms with Crippen molar-refractivity contribution in [2.75, 3.05) is 23.9 Å². The molecule has 0 spiro atoms. The van der Waals surface area contributed by atoms with Crippen LogP contribution >= 0.6 is 11.8 Å². The summed E-state index contributed by atoms with van der Waals surface area (Å²) < 4.78 is 0. The second-order valence-corrected chi connectivity index (χ2v) is 3.87. The van der Waals surface area contributed by atoms with Crippen LogP contribution in [0.4, 0.5) is 5.95 Å². The molecule has 0 aliphatic carbocycles. The van der Waals surface area contributed by atoms with Gasteiger partial charge in [0, 0.05) is 24.2 Å². The number of rotatable bonds is 4. The van der Waals surface area contributed by atoms with E-state index in [0.717, 1.165) is 29.5 Å². The van der Waals surface area contributed by atoms with Gasteiger partial charge in [-0.25, -0.2) is 9.97 Å². The van der Waals surface area contributed by atoms with Crippen LogP contribution in [0, 0.1) is 13.8 Å². The van der Waals surface area contributed by atoms with Crippen molar-refractivity contribution in [2.45, 2.75) is 13.8 Å². The minimum absolute atomic E-state index is 0.733. The fraction of sp³-hybridized carbons (Fsp3) is 0.556. The first-order valence-corrected chi connectivity index (χ1v) is 5.66. The lowest BCUT2D eigenvalue weighted by Crippen LogP contribution is -2.08. The first-order chi connectivity index (χ1) is 6.24. The van der Waals surface area contributed by atoms with Crippen molar-refractivity contribution in [2.24, 2.45) is 0 Å². The Morgan fingerprint density at radius 2 is 2.23 bits per heavy atom. The Hall–Kier alpha value is -0.770. The van der Waals surface area contributed by atoms with E-state index in [0.29, 0.717) is 0 Å². The number of hydrogen-bond acceptors (Lipinski definition) is 4. The quantitative estimate of drug-likeness (QED) is 0.748. The highest BCUT2D eigenvalue weighted by Gasteiger charge is 1.97. The fourth-order valence-corrected chi connectivity index (χ4v) is 1.18. The van der Waals surface area contributed by atoms with E-state index in [1.807, 2.05) is 31.8 Å². The third-order valence-electron chi connectivity index (χ3n) is 1.81. The van der Waals surface area contributed by atoms with E-state index >= 15 is 0 Å². The summed E-state index contributed by atoms with van der Waals surface area (Å²) in [4.78, 5) is 8.49. The zero-order valence-corrected chi connectivity index (χ0v) is 9.11. The lowest BCUT2D eigenvalue weighted by atomic mass is 10.3. The third kappa shape index (κ3) is 3.22. The Kier molecular flexibility index (Phi) is 4.02. The largest absolute Gasteiger partial charge is 0.353 e. The van der Waals surface area contributed by atoms with Gasteiger partial charge in [-0.1, -0.05) is 0 Å². The molecule has 0 saturated carbocycles. The molecule has 0 bridgehead atoms. The number of nitrogens with zero attached hydrogens (tertiary/aromatic N) is 2. The molecule has 1 aromatic heterocycles. The van der Waals surface area contributed by atoms with Gasteiger partial charge in [-0.15, -0.1) is 0 Å². The molecule has 0 aromatic carbocycles. The maximum absolute atomic E-state index is 4.31. The monoisotopic (exact) mass is 197 g/mol. The maximum Gasteiger partial charge on any atom is 0.222 e. The van der Waals surface area contributed by atoms with Crippen LogP contribution in [0.15, 0.2) is 6.20 Å². The molecule has 1 N–H and O–H groups in total. The van der Waals surface area contributed by atoms with Crippen molar-refractivity contribution in [3.63, 3.8) is 0 Å². The van der Waals surface area contributed by atoms with E-state index in [4.69, 9.17) is 0 Å². The van der Waals surface area contributed by atoms with Gasteiger partial charge >= 0.3 is 0 Å². The molecule has 3 nitrogen and oxygen atoms in total. The van der Waals surface area contributed by atoms with E-state index < -0.39 is 0 Å². The second kappa shape index (κ2) is 5.07. The molecule has 1 rings (SSSR count). The summed E-state index contributed by atoms with van der Waals surface area (Å²) in [6.45, 7) is 4.93. The number of anilines is 1. The standard InChI is InChI=1S/C9H15N3S/c1-7-6-11-9(12-8(7)2)10-4-5-13-3/h6H,4-5H2,1-3H3,(H,10,11,12). The lowest BCUT2D eigenvalue weighted by molar-refractivity contribution is 1.03. The molecule has 0 aliphatic heterocycles. The van der Waals surface area contributed by atoms with Crippen LogP contribution in [0.1, 0.15) is 11.3 Å². The van der Waals surface area contributed by atoms with E-state index in [-0.39, 0.29) is 0 Å². The Bertz CT molecular complexity index is 276. The Morgan fingerprint density at radius 3 is 2.85 bits per heavy atom. The van der Waals surface area contributed by atoms with Crippen LogP contribution in [0.3, 0.4) is 0 Å². The summed E-state index contributed by atoms with van der Waals surface area (Å²) in [7, 11) is 0. The molecule has 0 saturated heterocycles. The molecular formula is C9H15N3S. The molecule has 0 fully saturated rings. The first-order valence-electron chi connectivity index (χ1n) is 4.27. The molecular weight excluding hydrogens is 182 g/mol. The SMILES string of the molecule is CSCCNc1ncc(C)c(C)n1. The van der Waals surface area contributed by atoms with Crippen LogP contribution in [0.5, 0.6) is 0 Å². The molecule has 0 amide bonds. The van der Waals surface area contributed by atoms with Crippen molar-refractivity contribution < 1.29 is 0 Å². The smallest absolute Gasteiger partial charge is 0.222 e. The van der Waals surface area contributed by atoms with Gasteiger partial charge in [-0.3, -0.25) is 0 Å². The van der Waals surface area contributed by atoms with Gasteiger partial charge in [0.15, 0.2) is 0 Å².